The van der Waals surface area contributed by atoms with Gasteiger partial charge in [-0.15, -0.1) is 0 Å². The first-order valence-corrected chi connectivity index (χ1v) is 9.59. The summed E-state index contributed by atoms with van der Waals surface area (Å²) in [6.45, 7) is 1.81. The average molecular weight is 437 g/mol. The summed E-state index contributed by atoms with van der Waals surface area (Å²) in [4.78, 5) is 23.7. The highest BCUT2D eigenvalue weighted by molar-refractivity contribution is 9.10. The van der Waals surface area contributed by atoms with Gasteiger partial charge in [0, 0.05) is 34.9 Å². The zero-order valence-corrected chi connectivity index (χ0v) is 16.7. The van der Waals surface area contributed by atoms with Gasteiger partial charge in [0.15, 0.2) is 5.78 Å². The number of carbonyl (C=O) groups is 1. The van der Waals surface area contributed by atoms with Gasteiger partial charge in [0.2, 0.25) is 5.95 Å². The number of nitrogens with zero attached hydrogens (tertiary/aromatic N) is 2. The minimum Gasteiger partial charge on any atom is -0.457 e. The minimum absolute atomic E-state index is 0.0156. The number of halogens is 1. The first-order valence-electron chi connectivity index (χ1n) is 8.80. The normalized spacial score (nSPS) is 10.8. The number of pyridine rings is 1. The lowest BCUT2D eigenvalue weighted by molar-refractivity contribution is 0.0983. The van der Waals surface area contributed by atoms with Crippen LogP contribution in [-0.4, -0.2) is 20.7 Å². The van der Waals surface area contributed by atoms with Crippen LogP contribution in [0.25, 0.3) is 11.0 Å². The molecule has 4 aromatic rings. The van der Waals surface area contributed by atoms with Gasteiger partial charge in [-0.2, -0.15) is 0 Å². The monoisotopic (exact) mass is 436 g/mol. The van der Waals surface area contributed by atoms with Crippen LogP contribution in [0.1, 0.15) is 23.8 Å². The first-order chi connectivity index (χ1) is 13.6. The molecule has 0 saturated carbocycles. The summed E-state index contributed by atoms with van der Waals surface area (Å²) < 4.78 is 6.91. The van der Waals surface area contributed by atoms with Crippen LogP contribution in [0, 0.1) is 0 Å². The van der Waals surface area contributed by atoms with Crippen molar-refractivity contribution in [2.75, 3.05) is 5.32 Å². The van der Waals surface area contributed by atoms with E-state index in [0.29, 0.717) is 29.6 Å². The molecule has 6 nitrogen and oxygen atoms in total. The van der Waals surface area contributed by atoms with Gasteiger partial charge in [0.25, 0.3) is 0 Å². The van der Waals surface area contributed by atoms with Crippen LogP contribution in [-0.2, 0) is 0 Å². The molecule has 0 amide bonds. The summed E-state index contributed by atoms with van der Waals surface area (Å²) in [5.41, 5.74) is 3.01. The van der Waals surface area contributed by atoms with E-state index in [0.717, 1.165) is 21.2 Å². The molecule has 0 bridgehead atoms. The second kappa shape index (κ2) is 7.82. The van der Waals surface area contributed by atoms with Gasteiger partial charge in [-0.3, -0.25) is 9.78 Å². The number of ether oxygens (including phenoxy) is 1. The Bertz CT molecular complexity index is 1140. The number of fused-ring (bicyclic) bond motifs is 1. The molecular formula is C21H17BrN4O2. The van der Waals surface area contributed by atoms with Crippen molar-refractivity contribution >= 4 is 44.4 Å². The van der Waals surface area contributed by atoms with Crippen molar-refractivity contribution in [1.29, 1.82) is 0 Å². The van der Waals surface area contributed by atoms with E-state index >= 15 is 0 Å². The number of rotatable bonds is 6. The van der Waals surface area contributed by atoms with Crippen LogP contribution in [0.4, 0.5) is 11.6 Å². The Morgan fingerprint density at radius 3 is 2.68 bits per heavy atom. The zero-order valence-electron chi connectivity index (χ0n) is 15.1. The van der Waals surface area contributed by atoms with Crippen LogP contribution >= 0.6 is 15.9 Å². The second-order valence-electron chi connectivity index (χ2n) is 6.15. The van der Waals surface area contributed by atoms with Gasteiger partial charge in [-0.1, -0.05) is 22.9 Å². The van der Waals surface area contributed by atoms with E-state index in [1.165, 1.54) is 0 Å². The number of H-pyrrole nitrogens is 1. The van der Waals surface area contributed by atoms with E-state index in [1.54, 1.807) is 18.3 Å². The van der Waals surface area contributed by atoms with E-state index in [1.807, 2.05) is 49.4 Å². The van der Waals surface area contributed by atoms with E-state index in [4.69, 9.17) is 4.74 Å². The number of ketones is 1. The topological polar surface area (TPSA) is 79.9 Å². The molecule has 140 valence electrons. The molecule has 0 aliphatic carbocycles. The molecule has 2 aromatic heterocycles. The smallest absolute Gasteiger partial charge is 0.205 e. The van der Waals surface area contributed by atoms with E-state index < -0.39 is 0 Å². The predicted molar refractivity (Wildman–Crippen MR) is 112 cm³/mol. The van der Waals surface area contributed by atoms with Gasteiger partial charge in [0.05, 0.1) is 11.0 Å². The maximum Gasteiger partial charge on any atom is 0.205 e. The number of Topliss-reactive ketones (excluding diaryl/α,β-unsaturated/α-hetero) is 1. The second-order valence-corrected chi connectivity index (χ2v) is 7.07. The van der Waals surface area contributed by atoms with Crippen molar-refractivity contribution in [3.05, 3.63) is 71.0 Å². The van der Waals surface area contributed by atoms with Gasteiger partial charge < -0.3 is 15.0 Å². The number of imidazole rings is 1. The van der Waals surface area contributed by atoms with Crippen molar-refractivity contribution in [3.63, 3.8) is 0 Å². The fourth-order valence-electron chi connectivity index (χ4n) is 2.73. The molecule has 0 radical (unpaired) electrons. The molecule has 0 unspecified atom stereocenters. The summed E-state index contributed by atoms with van der Waals surface area (Å²) >= 11 is 3.42. The first kappa shape index (κ1) is 18.2. The Morgan fingerprint density at radius 2 is 1.89 bits per heavy atom. The lowest BCUT2D eigenvalue weighted by Crippen LogP contribution is -2.00. The van der Waals surface area contributed by atoms with Crippen molar-refractivity contribution in [1.82, 2.24) is 15.0 Å². The van der Waals surface area contributed by atoms with Crippen LogP contribution in [0.3, 0.4) is 0 Å². The van der Waals surface area contributed by atoms with Crippen LogP contribution in [0.2, 0.25) is 0 Å². The molecule has 4 rings (SSSR count). The Hall–Kier alpha value is -3.19. The average Bonchev–Trinajstić information content (AvgIpc) is 3.11. The van der Waals surface area contributed by atoms with Gasteiger partial charge in [-0.05, 0) is 42.5 Å². The standard InChI is InChI=1S/C21H17BrN4O2/c1-2-20(27)19-12-16(9-10-23-19)28-15-7-8-17-18(11-15)26-21(25-17)24-14-5-3-13(22)4-6-14/h3-12H,2H2,1H3,(H2,24,25,26). The van der Waals surface area contributed by atoms with Gasteiger partial charge in [-0.25, -0.2) is 4.98 Å². The number of aromatic nitrogens is 3. The van der Waals surface area contributed by atoms with Crippen molar-refractivity contribution in [2.45, 2.75) is 13.3 Å². The number of hydrogen-bond donors (Lipinski definition) is 2. The lowest BCUT2D eigenvalue weighted by atomic mass is 10.2. The van der Waals surface area contributed by atoms with Crippen molar-refractivity contribution < 1.29 is 9.53 Å². The SMILES string of the molecule is CCC(=O)c1cc(Oc2ccc3nc(Nc4ccc(Br)cc4)[nH]c3c2)ccn1. The van der Waals surface area contributed by atoms with Crippen molar-refractivity contribution in [2.24, 2.45) is 0 Å². The summed E-state index contributed by atoms with van der Waals surface area (Å²) in [6, 6.07) is 16.8. The molecule has 28 heavy (non-hydrogen) atoms. The number of nitrogens with one attached hydrogen (secondary N) is 2. The van der Waals surface area contributed by atoms with E-state index in [-0.39, 0.29) is 5.78 Å². The molecule has 0 aliphatic rings. The molecule has 0 aliphatic heterocycles. The van der Waals surface area contributed by atoms with Crippen molar-refractivity contribution in [3.8, 4) is 11.5 Å². The number of anilines is 2. The lowest BCUT2D eigenvalue weighted by Gasteiger charge is -2.06. The Labute approximate surface area is 170 Å². The highest BCUT2D eigenvalue weighted by Crippen LogP contribution is 2.27. The maximum atomic E-state index is 11.8. The third kappa shape index (κ3) is 4.04. The summed E-state index contributed by atoms with van der Waals surface area (Å²) in [5.74, 6) is 1.85. The molecule has 0 saturated heterocycles. The minimum atomic E-state index is -0.0156. The molecule has 0 fully saturated rings. The molecule has 2 heterocycles. The summed E-state index contributed by atoms with van der Waals surface area (Å²) in [6.07, 6.45) is 1.98. The van der Waals surface area contributed by atoms with Gasteiger partial charge in [0.1, 0.15) is 17.2 Å². The molecular weight excluding hydrogens is 420 g/mol. The Morgan fingerprint density at radius 1 is 1.11 bits per heavy atom. The fourth-order valence-corrected chi connectivity index (χ4v) is 2.99. The summed E-state index contributed by atoms with van der Waals surface area (Å²) in [7, 11) is 0. The molecule has 2 aromatic carbocycles. The third-order valence-corrected chi connectivity index (χ3v) is 4.66. The van der Waals surface area contributed by atoms with Gasteiger partial charge >= 0.3 is 0 Å². The van der Waals surface area contributed by atoms with Crippen LogP contribution < -0.4 is 10.1 Å². The molecule has 7 heteroatoms. The highest BCUT2D eigenvalue weighted by atomic mass is 79.9. The number of aromatic amines is 1. The number of carbonyl (C=O) groups excluding carboxylic acids is 1. The molecule has 0 spiro atoms. The van der Waals surface area contributed by atoms with E-state index in [9.17, 15) is 4.79 Å². The highest BCUT2D eigenvalue weighted by Gasteiger charge is 2.08. The molecule has 2 N–H and O–H groups in total. The van der Waals surface area contributed by atoms with Crippen LogP contribution in [0.5, 0.6) is 11.5 Å². The Balaban J connectivity index is 1.55. The Kier molecular flexibility index (Phi) is 5.08. The zero-order chi connectivity index (χ0) is 19.5. The molecule has 0 atom stereocenters. The summed E-state index contributed by atoms with van der Waals surface area (Å²) in [5, 5.41) is 3.24. The quantitative estimate of drug-likeness (QED) is 0.370. The fraction of sp³-hybridized carbons (Fsp3) is 0.0952. The number of hydrogen-bond acceptors (Lipinski definition) is 5. The predicted octanol–water partition coefficient (Wildman–Crippen LogP) is 5.85. The number of benzene rings is 2. The van der Waals surface area contributed by atoms with Crippen LogP contribution in [0.15, 0.2) is 65.3 Å². The maximum absolute atomic E-state index is 11.8. The third-order valence-electron chi connectivity index (χ3n) is 4.13. The van der Waals surface area contributed by atoms with E-state index in [2.05, 4.69) is 36.2 Å². The largest absolute Gasteiger partial charge is 0.457 e.